The van der Waals surface area contributed by atoms with Gasteiger partial charge in [0.1, 0.15) is 11.6 Å². The fourth-order valence-corrected chi connectivity index (χ4v) is 6.49. The Hall–Kier alpha value is -7.58. The third kappa shape index (κ3) is 7.31. The molecule has 9 aromatic rings. The Morgan fingerprint density at radius 3 is 0.875 bits per heavy atom. The van der Waals surface area contributed by atoms with E-state index in [0.29, 0.717) is 11.6 Å². The Morgan fingerprint density at radius 2 is 0.571 bits per heavy atom. The lowest BCUT2D eigenvalue weighted by molar-refractivity contribution is 0.627. The van der Waals surface area contributed by atoms with Gasteiger partial charge >= 0.3 is 0 Å². The molecule has 9 rings (SSSR count). The predicted octanol–water partition coefficient (Wildman–Crippen LogP) is 11.7. The van der Waals surface area contributed by atoms with Crippen LogP contribution in [0.2, 0.25) is 0 Å². The first-order chi connectivity index (χ1) is 27.5. The summed E-state index contributed by atoms with van der Waals surface area (Å²) in [7, 11) is 0. The maximum atomic E-state index is 13.7. The third-order valence-electron chi connectivity index (χ3n) is 9.48. The molecule has 0 spiro atoms. The number of halogens is 2. The van der Waals surface area contributed by atoms with Crippen LogP contribution in [0, 0.1) is 11.6 Å². The molecule has 6 nitrogen and oxygen atoms in total. The fourth-order valence-electron chi connectivity index (χ4n) is 6.49. The minimum Gasteiger partial charge on any atom is -0.264 e. The van der Waals surface area contributed by atoms with Gasteiger partial charge in [-0.2, -0.15) is 0 Å². The van der Waals surface area contributed by atoms with Crippen molar-refractivity contribution in [1.29, 1.82) is 0 Å². The lowest BCUT2D eigenvalue weighted by atomic mass is 9.98. The van der Waals surface area contributed by atoms with E-state index in [4.69, 9.17) is 19.9 Å². The van der Waals surface area contributed by atoms with E-state index >= 15 is 0 Å². The van der Waals surface area contributed by atoms with Crippen LogP contribution in [0.5, 0.6) is 0 Å². The van der Waals surface area contributed by atoms with Crippen LogP contribution in [0.15, 0.2) is 183 Å². The minimum atomic E-state index is -0.312. The zero-order valence-electron chi connectivity index (χ0n) is 29.8. The van der Waals surface area contributed by atoms with Gasteiger partial charge in [0.2, 0.25) is 0 Å². The maximum Gasteiger partial charge on any atom is 0.160 e. The van der Waals surface area contributed by atoms with Crippen molar-refractivity contribution < 1.29 is 8.78 Å². The summed E-state index contributed by atoms with van der Waals surface area (Å²) >= 11 is 0. The first-order valence-electron chi connectivity index (χ1n) is 17.9. The molecule has 0 aliphatic rings. The van der Waals surface area contributed by atoms with Gasteiger partial charge in [0.05, 0.1) is 22.8 Å². The van der Waals surface area contributed by atoms with Gasteiger partial charge < -0.3 is 0 Å². The van der Waals surface area contributed by atoms with E-state index in [1.165, 1.54) is 24.3 Å². The number of rotatable bonds is 8. The third-order valence-corrected chi connectivity index (χ3v) is 9.48. The molecule has 0 amide bonds. The summed E-state index contributed by atoms with van der Waals surface area (Å²) in [5, 5.41) is 0. The van der Waals surface area contributed by atoms with E-state index in [0.717, 1.165) is 78.4 Å². The predicted molar refractivity (Wildman–Crippen MR) is 217 cm³/mol. The minimum absolute atomic E-state index is 0.312. The van der Waals surface area contributed by atoms with Crippen molar-refractivity contribution in [2.45, 2.75) is 0 Å². The summed E-state index contributed by atoms with van der Waals surface area (Å²) in [4.78, 5) is 27.8. The summed E-state index contributed by atoms with van der Waals surface area (Å²) < 4.78 is 27.4. The molecule has 0 atom stereocenters. The molecular formula is C48H30F2N6. The Balaban J connectivity index is 0.968. The van der Waals surface area contributed by atoms with Crippen LogP contribution in [0.3, 0.4) is 0 Å². The average Bonchev–Trinajstić information content (AvgIpc) is 3.27. The van der Waals surface area contributed by atoms with Gasteiger partial charge in [0.25, 0.3) is 0 Å². The molecule has 0 N–H and O–H groups in total. The highest BCUT2D eigenvalue weighted by atomic mass is 19.1. The number of hydrogen-bond donors (Lipinski definition) is 0. The molecule has 56 heavy (non-hydrogen) atoms. The number of hydrogen-bond acceptors (Lipinski definition) is 6. The first kappa shape index (κ1) is 34.2. The van der Waals surface area contributed by atoms with Crippen molar-refractivity contribution >= 4 is 0 Å². The second-order valence-corrected chi connectivity index (χ2v) is 13.2. The summed E-state index contributed by atoms with van der Waals surface area (Å²) in [6, 6.07) is 49.0. The number of nitrogens with zero attached hydrogens (tertiary/aromatic N) is 6. The van der Waals surface area contributed by atoms with Gasteiger partial charge in [-0.25, -0.2) is 28.7 Å². The quantitative estimate of drug-likeness (QED) is 0.155. The second kappa shape index (κ2) is 15.0. The number of aromatic nitrogens is 6. The van der Waals surface area contributed by atoms with E-state index in [2.05, 4.69) is 82.8 Å². The van der Waals surface area contributed by atoms with Gasteiger partial charge in [0.15, 0.2) is 11.6 Å². The molecule has 0 aliphatic heterocycles. The topological polar surface area (TPSA) is 77.3 Å². The Labute approximate surface area is 322 Å². The molecule has 266 valence electrons. The highest BCUT2D eigenvalue weighted by Crippen LogP contribution is 2.32. The van der Waals surface area contributed by atoms with Gasteiger partial charge in [-0.1, -0.05) is 72.8 Å². The molecular weight excluding hydrogens is 699 g/mol. The fraction of sp³-hybridized carbons (Fsp3) is 0. The molecule has 0 saturated carbocycles. The van der Waals surface area contributed by atoms with Crippen LogP contribution >= 0.6 is 0 Å². The Bertz CT molecular complexity index is 2570. The van der Waals surface area contributed by atoms with Crippen molar-refractivity contribution in [3.05, 3.63) is 194 Å². The van der Waals surface area contributed by atoms with Gasteiger partial charge in [0, 0.05) is 58.2 Å². The van der Waals surface area contributed by atoms with Crippen LogP contribution < -0.4 is 0 Å². The largest absolute Gasteiger partial charge is 0.264 e. The summed E-state index contributed by atoms with van der Waals surface area (Å²) in [5.74, 6) is 0.394. The van der Waals surface area contributed by atoms with E-state index in [1.54, 1.807) is 49.1 Å². The normalized spacial score (nSPS) is 11.0. The van der Waals surface area contributed by atoms with Gasteiger partial charge in [-0.3, -0.25) is 9.97 Å². The molecule has 4 heterocycles. The molecule has 4 aromatic heterocycles. The van der Waals surface area contributed by atoms with Crippen molar-refractivity contribution in [2.24, 2.45) is 0 Å². The van der Waals surface area contributed by atoms with E-state index in [-0.39, 0.29) is 11.6 Å². The van der Waals surface area contributed by atoms with Crippen LogP contribution in [-0.4, -0.2) is 29.9 Å². The highest BCUT2D eigenvalue weighted by molar-refractivity contribution is 5.77. The molecule has 0 bridgehead atoms. The standard InChI is InChI=1S/C48H30F2N6/c49-41-21-17-37(18-22-41)47-53-43(27-45(55-47)39-3-1-25-51-29-39)35-13-9-33(10-14-35)31-5-7-32(8-6-31)34-11-15-36(16-12-34)44-28-46(40-4-2-26-52-30-40)56-48(54-44)38-19-23-42(50)24-20-38/h1-30H. The molecule has 0 saturated heterocycles. The van der Waals surface area contributed by atoms with Crippen LogP contribution in [0.4, 0.5) is 8.78 Å². The van der Waals surface area contributed by atoms with E-state index in [1.807, 2.05) is 36.4 Å². The zero-order chi connectivity index (χ0) is 37.8. The Morgan fingerprint density at radius 1 is 0.286 bits per heavy atom. The molecule has 8 heteroatoms. The number of benzene rings is 5. The molecule has 5 aromatic carbocycles. The maximum absolute atomic E-state index is 13.7. The van der Waals surface area contributed by atoms with Crippen molar-refractivity contribution in [2.75, 3.05) is 0 Å². The number of pyridine rings is 2. The smallest absolute Gasteiger partial charge is 0.160 e. The van der Waals surface area contributed by atoms with Crippen molar-refractivity contribution in [3.63, 3.8) is 0 Å². The molecule has 0 radical (unpaired) electrons. The lowest BCUT2D eigenvalue weighted by Crippen LogP contribution is -1.96. The molecule has 0 fully saturated rings. The molecule has 0 unspecified atom stereocenters. The summed E-state index contributed by atoms with van der Waals surface area (Å²) in [5.41, 5.74) is 12.3. The van der Waals surface area contributed by atoms with E-state index < -0.39 is 0 Å². The monoisotopic (exact) mass is 728 g/mol. The molecule has 0 aliphatic carbocycles. The van der Waals surface area contributed by atoms with Crippen LogP contribution in [-0.2, 0) is 0 Å². The van der Waals surface area contributed by atoms with Crippen LogP contribution in [0.25, 0.3) is 90.1 Å². The average molecular weight is 729 g/mol. The lowest BCUT2D eigenvalue weighted by Gasteiger charge is -2.11. The van der Waals surface area contributed by atoms with Crippen molar-refractivity contribution in [3.8, 4) is 90.1 Å². The van der Waals surface area contributed by atoms with E-state index in [9.17, 15) is 8.78 Å². The summed E-state index contributed by atoms with van der Waals surface area (Å²) in [6.45, 7) is 0. The van der Waals surface area contributed by atoms with Crippen molar-refractivity contribution in [1.82, 2.24) is 29.9 Å². The zero-order valence-corrected chi connectivity index (χ0v) is 29.8. The van der Waals surface area contributed by atoms with Crippen LogP contribution in [0.1, 0.15) is 0 Å². The SMILES string of the molecule is Fc1ccc(-c2nc(-c3ccc(-c4ccc(-c5ccc(-c6cc(-c7cccnc7)nc(-c7ccc(F)cc7)n6)cc5)cc4)cc3)cc(-c3cccnc3)n2)cc1. The summed E-state index contributed by atoms with van der Waals surface area (Å²) in [6.07, 6.45) is 6.99. The van der Waals surface area contributed by atoms with Gasteiger partial charge in [-0.05, 0) is 107 Å². The first-order valence-corrected chi connectivity index (χ1v) is 17.9. The second-order valence-electron chi connectivity index (χ2n) is 13.2. The highest BCUT2D eigenvalue weighted by Gasteiger charge is 2.14. The Kier molecular flexibility index (Phi) is 9.19. The van der Waals surface area contributed by atoms with Gasteiger partial charge in [-0.15, -0.1) is 0 Å².